The number of hydrogen-bond acceptors (Lipinski definition) is 4. The zero-order valence-electron chi connectivity index (χ0n) is 10.1. The number of amides is 1. The van der Waals surface area contributed by atoms with Crippen molar-refractivity contribution in [3.8, 4) is 11.5 Å². The number of rotatable bonds is 3. The van der Waals surface area contributed by atoms with E-state index in [1.807, 2.05) is 0 Å². The van der Waals surface area contributed by atoms with E-state index in [9.17, 15) is 9.59 Å². The van der Waals surface area contributed by atoms with Crippen molar-refractivity contribution in [1.82, 2.24) is 5.32 Å². The molecule has 0 aliphatic carbocycles. The third-order valence-electron chi connectivity index (χ3n) is 2.82. The van der Waals surface area contributed by atoms with Crippen LogP contribution in [0.3, 0.4) is 0 Å². The first-order valence-electron chi connectivity index (χ1n) is 5.40. The quantitative estimate of drug-likeness (QED) is 0.637. The Balaban J connectivity index is 2.61. The number of allylic oxidation sites excluding steroid dienone is 1. The van der Waals surface area contributed by atoms with Gasteiger partial charge in [0.25, 0.3) is 5.91 Å². The molecule has 1 aliphatic rings. The lowest BCUT2D eigenvalue weighted by Gasteiger charge is -2.21. The minimum atomic E-state index is -0.262. The fourth-order valence-electron chi connectivity index (χ4n) is 1.94. The van der Waals surface area contributed by atoms with Gasteiger partial charge in [0.1, 0.15) is 6.29 Å². The van der Waals surface area contributed by atoms with Crippen molar-refractivity contribution in [3.63, 3.8) is 0 Å². The first-order chi connectivity index (χ1) is 8.71. The van der Waals surface area contributed by atoms with E-state index in [4.69, 9.17) is 9.47 Å². The first kappa shape index (κ1) is 12.2. The molecule has 94 valence electrons. The Hall–Kier alpha value is -2.30. The number of ether oxygens (including phenoxy) is 2. The van der Waals surface area contributed by atoms with Crippen LogP contribution < -0.4 is 14.8 Å². The summed E-state index contributed by atoms with van der Waals surface area (Å²) >= 11 is 0. The molecule has 0 aromatic heterocycles. The minimum Gasteiger partial charge on any atom is -0.493 e. The van der Waals surface area contributed by atoms with E-state index in [1.54, 1.807) is 19.2 Å². The summed E-state index contributed by atoms with van der Waals surface area (Å²) in [5.41, 5.74) is 1.93. The second kappa shape index (κ2) is 4.91. The zero-order valence-corrected chi connectivity index (χ0v) is 10.1. The van der Waals surface area contributed by atoms with Crippen molar-refractivity contribution in [2.75, 3.05) is 14.2 Å². The first-order valence-corrected chi connectivity index (χ1v) is 5.40. The molecule has 0 atom stereocenters. The van der Waals surface area contributed by atoms with Gasteiger partial charge in [0, 0.05) is 6.54 Å². The highest BCUT2D eigenvalue weighted by Gasteiger charge is 2.23. The number of nitrogens with one attached hydrogen (secondary N) is 1. The predicted molar refractivity (Wildman–Crippen MR) is 65.4 cm³/mol. The van der Waals surface area contributed by atoms with Gasteiger partial charge in [-0.3, -0.25) is 9.59 Å². The maximum Gasteiger partial charge on any atom is 0.252 e. The molecule has 0 bridgehead atoms. The highest BCUT2D eigenvalue weighted by molar-refractivity contribution is 6.23. The van der Waals surface area contributed by atoms with Crippen molar-refractivity contribution in [1.29, 1.82) is 0 Å². The molecule has 0 radical (unpaired) electrons. The summed E-state index contributed by atoms with van der Waals surface area (Å²) in [6, 6.07) is 3.51. The van der Waals surface area contributed by atoms with E-state index in [0.29, 0.717) is 35.5 Å². The Labute approximate surface area is 104 Å². The average Bonchev–Trinajstić information content (AvgIpc) is 2.40. The highest BCUT2D eigenvalue weighted by atomic mass is 16.5. The van der Waals surface area contributed by atoms with Crippen molar-refractivity contribution in [2.24, 2.45) is 0 Å². The van der Waals surface area contributed by atoms with E-state index in [1.165, 1.54) is 13.2 Å². The molecule has 1 N–H and O–H groups in total. The van der Waals surface area contributed by atoms with Gasteiger partial charge < -0.3 is 14.8 Å². The van der Waals surface area contributed by atoms with Gasteiger partial charge in [0.15, 0.2) is 11.5 Å². The number of benzene rings is 1. The van der Waals surface area contributed by atoms with Crippen molar-refractivity contribution in [3.05, 3.63) is 29.3 Å². The summed E-state index contributed by atoms with van der Waals surface area (Å²) < 4.78 is 10.4. The maximum absolute atomic E-state index is 11.7. The van der Waals surface area contributed by atoms with Crippen LogP contribution in [0.25, 0.3) is 5.57 Å². The normalized spacial score (nSPS) is 15.9. The van der Waals surface area contributed by atoms with Crippen LogP contribution in [-0.2, 0) is 16.1 Å². The molecule has 1 aromatic rings. The second-order valence-electron chi connectivity index (χ2n) is 3.76. The third kappa shape index (κ3) is 1.95. The number of aldehydes is 1. The van der Waals surface area contributed by atoms with Gasteiger partial charge in [-0.25, -0.2) is 0 Å². The van der Waals surface area contributed by atoms with Crippen LogP contribution in [0.2, 0.25) is 0 Å². The van der Waals surface area contributed by atoms with Gasteiger partial charge >= 0.3 is 0 Å². The van der Waals surface area contributed by atoms with E-state index >= 15 is 0 Å². The number of hydrogen-bond donors (Lipinski definition) is 1. The van der Waals surface area contributed by atoms with Gasteiger partial charge in [-0.2, -0.15) is 0 Å². The standard InChI is InChI=1S/C13H13NO4/c1-17-11-5-8-7-14-13(16)9(3-4-15)10(8)6-12(11)18-2/h3-6H,7H2,1-2H3,(H,14,16)/b9-3-. The monoisotopic (exact) mass is 247 g/mol. The lowest BCUT2D eigenvalue weighted by molar-refractivity contribution is -0.116. The average molecular weight is 247 g/mol. The van der Waals surface area contributed by atoms with Gasteiger partial charge in [-0.15, -0.1) is 0 Å². The molecule has 0 saturated carbocycles. The smallest absolute Gasteiger partial charge is 0.252 e. The number of carbonyl (C=O) groups is 2. The van der Waals surface area contributed by atoms with Crippen LogP contribution in [0.4, 0.5) is 0 Å². The molecule has 0 unspecified atom stereocenters. The molecular weight excluding hydrogens is 234 g/mol. The molecule has 1 amide bonds. The molecule has 1 aliphatic heterocycles. The summed E-state index contributed by atoms with van der Waals surface area (Å²) in [6.07, 6.45) is 1.85. The van der Waals surface area contributed by atoms with Crippen LogP contribution >= 0.6 is 0 Å². The summed E-state index contributed by atoms with van der Waals surface area (Å²) in [7, 11) is 3.07. The van der Waals surface area contributed by atoms with Crippen LogP contribution in [-0.4, -0.2) is 26.4 Å². The molecular formula is C13H13NO4. The molecule has 5 heteroatoms. The number of carbonyl (C=O) groups excluding carboxylic acids is 2. The van der Waals surface area contributed by atoms with Crippen molar-refractivity contribution >= 4 is 17.8 Å². The van der Waals surface area contributed by atoms with E-state index in [0.717, 1.165) is 5.56 Å². The Bertz CT molecular complexity index is 534. The molecule has 1 aromatic carbocycles. The van der Waals surface area contributed by atoms with Crippen LogP contribution in [0.15, 0.2) is 18.2 Å². The van der Waals surface area contributed by atoms with Gasteiger partial charge in [0.05, 0.1) is 19.8 Å². The summed E-state index contributed by atoms with van der Waals surface area (Å²) in [5, 5.41) is 2.70. The van der Waals surface area contributed by atoms with Crippen LogP contribution in [0, 0.1) is 0 Å². The van der Waals surface area contributed by atoms with Crippen LogP contribution in [0.1, 0.15) is 11.1 Å². The fraction of sp³-hybridized carbons (Fsp3) is 0.231. The van der Waals surface area contributed by atoms with Crippen molar-refractivity contribution < 1.29 is 19.1 Å². The van der Waals surface area contributed by atoms with Crippen LogP contribution in [0.5, 0.6) is 11.5 Å². The lowest BCUT2D eigenvalue weighted by atomic mass is 9.94. The van der Waals surface area contributed by atoms with Crippen molar-refractivity contribution in [2.45, 2.75) is 6.54 Å². The van der Waals surface area contributed by atoms with E-state index < -0.39 is 0 Å². The van der Waals surface area contributed by atoms with E-state index in [2.05, 4.69) is 5.32 Å². The summed E-state index contributed by atoms with van der Waals surface area (Å²) in [5.74, 6) is 0.863. The molecule has 5 nitrogen and oxygen atoms in total. The highest BCUT2D eigenvalue weighted by Crippen LogP contribution is 2.35. The molecule has 1 heterocycles. The topological polar surface area (TPSA) is 64.6 Å². The Morgan fingerprint density at radius 1 is 1.22 bits per heavy atom. The predicted octanol–water partition coefficient (Wildman–Crippen LogP) is 0.916. The molecule has 0 spiro atoms. The van der Waals surface area contributed by atoms with Gasteiger partial charge in [0.2, 0.25) is 0 Å². The SMILES string of the molecule is COc1cc2c(cc1OC)/C(=C/C=O)C(=O)NC2. The largest absolute Gasteiger partial charge is 0.493 e. The zero-order chi connectivity index (χ0) is 13.1. The summed E-state index contributed by atoms with van der Waals surface area (Å²) in [4.78, 5) is 22.3. The molecule has 0 fully saturated rings. The van der Waals surface area contributed by atoms with Gasteiger partial charge in [-0.05, 0) is 29.3 Å². The molecule has 18 heavy (non-hydrogen) atoms. The Kier molecular flexibility index (Phi) is 3.32. The van der Waals surface area contributed by atoms with Gasteiger partial charge in [-0.1, -0.05) is 0 Å². The van der Waals surface area contributed by atoms with E-state index in [-0.39, 0.29) is 5.91 Å². The minimum absolute atomic E-state index is 0.262. The third-order valence-corrected chi connectivity index (χ3v) is 2.82. The molecule has 2 rings (SSSR count). The number of methoxy groups -OCH3 is 2. The fourth-order valence-corrected chi connectivity index (χ4v) is 1.94. The molecule has 0 saturated heterocycles. The second-order valence-corrected chi connectivity index (χ2v) is 3.76. The Morgan fingerprint density at radius 2 is 1.89 bits per heavy atom. The summed E-state index contributed by atoms with van der Waals surface area (Å²) in [6.45, 7) is 0.407. The maximum atomic E-state index is 11.7. The number of fused-ring (bicyclic) bond motifs is 1. The lowest BCUT2D eigenvalue weighted by Crippen LogP contribution is -2.29. The Morgan fingerprint density at radius 3 is 2.50 bits per heavy atom.